The molecule has 2 rings (SSSR count). The Morgan fingerprint density at radius 3 is 2.74 bits per heavy atom. The number of nitrogen functional groups attached to an aromatic ring is 1. The summed E-state index contributed by atoms with van der Waals surface area (Å²) in [6.45, 7) is 0.349. The van der Waals surface area contributed by atoms with E-state index >= 15 is 0 Å². The van der Waals surface area contributed by atoms with E-state index in [9.17, 15) is 9.18 Å². The summed E-state index contributed by atoms with van der Waals surface area (Å²) in [4.78, 5) is 11.8. The van der Waals surface area contributed by atoms with Crippen molar-refractivity contribution < 1.29 is 9.18 Å². The number of nitrogens with two attached hydrogens (primary N) is 1. The van der Waals surface area contributed by atoms with Crippen LogP contribution in [0.1, 0.15) is 15.9 Å². The number of amides is 1. The number of anilines is 1. The summed E-state index contributed by atoms with van der Waals surface area (Å²) in [7, 11) is 0. The van der Waals surface area contributed by atoms with Crippen LogP contribution in [0.5, 0.6) is 0 Å². The Morgan fingerprint density at radius 2 is 2.05 bits per heavy atom. The van der Waals surface area contributed by atoms with E-state index in [1.165, 1.54) is 12.1 Å². The first-order valence-corrected chi connectivity index (χ1v) is 6.43. The van der Waals surface area contributed by atoms with Gasteiger partial charge >= 0.3 is 0 Å². The van der Waals surface area contributed by atoms with E-state index in [-0.39, 0.29) is 11.5 Å². The van der Waals surface area contributed by atoms with Crippen LogP contribution in [0.2, 0.25) is 0 Å². The molecule has 0 aliphatic rings. The van der Waals surface area contributed by atoms with Gasteiger partial charge in [-0.25, -0.2) is 4.39 Å². The molecule has 3 nitrogen and oxygen atoms in total. The zero-order valence-corrected chi connectivity index (χ0v) is 11.6. The molecule has 98 valence electrons. The molecule has 0 fully saturated rings. The monoisotopic (exact) mass is 322 g/mol. The van der Waals surface area contributed by atoms with E-state index < -0.39 is 5.82 Å². The van der Waals surface area contributed by atoms with Crippen molar-refractivity contribution in [2.24, 2.45) is 0 Å². The predicted molar refractivity (Wildman–Crippen MR) is 76.1 cm³/mol. The maximum absolute atomic E-state index is 13.3. The number of carbonyl (C=O) groups is 1. The molecule has 0 heterocycles. The molecule has 2 aromatic carbocycles. The first-order chi connectivity index (χ1) is 9.06. The minimum absolute atomic E-state index is 0.282. The Labute approximate surface area is 118 Å². The number of hydrogen-bond acceptors (Lipinski definition) is 2. The summed E-state index contributed by atoms with van der Waals surface area (Å²) < 4.78 is 13.6. The molecule has 0 unspecified atom stereocenters. The quantitative estimate of drug-likeness (QED) is 0.853. The summed E-state index contributed by atoms with van der Waals surface area (Å²) in [6, 6.07) is 11.5. The Kier molecular flexibility index (Phi) is 4.16. The van der Waals surface area contributed by atoms with Gasteiger partial charge in [0.1, 0.15) is 5.82 Å². The Hall–Kier alpha value is -1.88. The average molecular weight is 323 g/mol. The summed E-state index contributed by atoms with van der Waals surface area (Å²) in [5.74, 6) is -0.787. The summed E-state index contributed by atoms with van der Waals surface area (Å²) in [6.07, 6.45) is 0. The SMILES string of the molecule is Nc1cccc(CNC(=O)c2ccc(Br)c(F)c2)c1. The third kappa shape index (κ3) is 3.54. The molecular formula is C14H12BrFN2O. The third-order valence-electron chi connectivity index (χ3n) is 2.59. The van der Waals surface area contributed by atoms with Crippen molar-refractivity contribution >= 4 is 27.5 Å². The van der Waals surface area contributed by atoms with Crippen molar-refractivity contribution in [1.82, 2.24) is 5.32 Å². The standard InChI is InChI=1S/C14H12BrFN2O/c15-12-5-4-10(7-13(12)16)14(19)18-8-9-2-1-3-11(17)6-9/h1-7H,8,17H2,(H,18,19). The summed E-state index contributed by atoms with van der Waals surface area (Å²) in [5.41, 5.74) is 7.46. The number of halogens is 2. The molecular weight excluding hydrogens is 311 g/mol. The zero-order chi connectivity index (χ0) is 13.8. The van der Waals surface area contributed by atoms with Crippen LogP contribution in [0.4, 0.5) is 10.1 Å². The number of hydrogen-bond donors (Lipinski definition) is 2. The van der Waals surface area contributed by atoms with Crippen molar-refractivity contribution in [2.75, 3.05) is 5.73 Å². The molecule has 0 saturated carbocycles. The second-order valence-electron chi connectivity index (χ2n) is 4.06. The number of nitrogens with one attached hydrogen (secondary N) is 1. The lowest BCUT2D eigenvalue weighted by Gasteiger charge is -2.06. The van der Waals surface area contributed by atoms with Crippen LogP contribution >= 0.6 is 15.9 Å². The summed E-state index contributed by atoms with van der Waals surface area (Å²) in [5, 5.41) is 2.71. The largest absolute Gasteiger partial charge is 0.399 e. The molecule has 0 aliphatic carbocycles. The van der Waals surface area contributed by atoms with E-state index in [4.69, 9.17) is 5.73 Å². The predicted octanol–water partition coefficient (Wildman–Crippen LogP) is 3.10. The van der Waals surface area contributed by atoms with Crippen LogP contribution < -0.4 is 11.1 Å². The Morgan fingerprint density at radius 1 is 1.26 bits per heavy atom. The number of rotatable bonds is 3. The Balaban J connectivity index is 2.03. The fourth-order valence-electron chi connectivity index (χ4n) is 1.62. The average Bonchev–Trinajstić information content (AvgIpc) is 2.39. The molecule has 0 aliphatic heterocycles. The van der Waals surface area contributed by atoms with E-state index in [1.54, 1.807) is 18.2 Å². The minimum Gasteiger partial charge on any atom is -0.399 e. The molecule has 0 bridgehead atoms. The third-order valence-corrected chi connectivity index (χ3v) is 3.23. The van der Waals surface area contributed by atoms with Gasteiger partial charge in [-0.15, -0.1) is 0 Å². The second kappa shape index (κ2) is 5.84. The van der Waals surface area contributed by atoms with Crippen LogP contribution in [0.3, 0.4) is 0 Å². The normalized spacial score (nSPS) is 10.2. The van der Waals surface area contributed by atoms with Crippen molar-refractivity contribution in [3.63, 3.8) is 0 Å². The first-order valence-electron chi connectivity index (χ1n) is 5.64. The van der Waals surface area contributed by atoms with Gasteiger partial charge in [-0.05, 0) is 51.8 Å². The van der Waals surface area contributed by atoms with Gasteiger partial charge < -0.3 is 11.1 Å². The van der Waals surface area contributed by atoms with Gasteiger partial charge in [-0.2, -0.15) is 0 Å². The molecule has 1 amide bonds. The number of carbonyl (C=O) groups excluding carboxylic acids is 1. The molecule has 0 spiro atoms. The molecule has 0 saturated heterocycles. The Bertz CT molecular complexity index is 616. The molecule has 3 N–H and O–H groups in total. The van der Waals surface area contributed by atoms with Crippen molar-refractivity contribution in [2.45, 2.75) is 6.54 Å². The van der Waals surface area contributed by atoms with Gasteiger partial charge in [-0.1, -0.05) is 12.1 Å². The van der Waals surface area contributed by atoms with Crippen LogP contribution in [-0.2, 0) is 6.54 Å². The fraction of sp³-hybridized carbons (Fsp3) is 0.0714. The van der Waals surface area contributed by atoms with Crippen LogP contribution in [0.15, 0.2) is 46.9 Å². The molecule has 0 radical (unpaired) electrons. The lowest BCUT2D eigenvalue weighted by Crippen LogP contribution is -2.22. The van der Waals surface area contributed by atoms with Gasteiger partial charge in [0, 0.05) is 17.8 Å². The highest BCUT2D eigenvalue weighted by atomic mass is 79.9. The smallest absolute Gasteiger partial charge is 0.251 e. The van der Waals surface area contributed by atoms with E-state index in [0.717, 1.165) is 5.56 Å². The van der Waals surface area contributed by atoms with Crippen molar-refractivity contribution in [3.8, 4) is 0 Å². The van der Waals surface area contributed by atoms with Gasteiger partial charge in [0.05, 0.1) is 4.47 Å². The maximum atomic E-state index is 13.3. The molecule has 19 heavy (non-hydrogen) atoms. The van der Waals surface area contributed by atoms with E-state index in [0.29, 0.717) is 16.7 Å². The fourth-order valence-corrected chi connectivity index (χ4v) is 1.87. The van der Waals surface area contributed by atoms with Crippen molar-refractivity contribution in [3.05, 3.63) is 63.9 Å². The van der Waals surface area contributed by atoms with Gasteiger partial charge in [-0.3, -0.25) is 4.79 Å². The molecule has 5 heteroatoms. The lowest BCUT2D eigenvalue weighted by atomic mass is 10.2. The molecule has 0 atom stereocenters. The second-order valence-corrected chi connectivity index (χ2v) is 4.91. The highest BCUT2D eigenvalue weighted by molar-refractivity contribution is 9.10. The van der Waals surface area contributed by atoms with Crippen molar-refractivity contribution in [1.29, 1.82) is 0 Å². The molecule has 2 aromatic rings. The van der Waals surface area contributed by atoms with E-state index in [1.807, 2.05) is 12.1 Å². The molecule has 0 aromatic heterocycles. The van der Waals surface area contributed by atoms with Gasteiger partial charge in [0.25, 0.3) is 5.91 Å². The van der Waals surface area contributed by atoms with Crippen LogP contribution in [-0.4, -0.2) is 5.91 Å². The van der Waals surface area contributed by atoms with E-state index in [2.05, 4.69) is 21.2 Å². The topological polar surface area (TPSA) is 55.1 Å². The lowest BCUT2D eigenvalue weighted by molar-refractivity contribution is 0.0950. The van der Waals surface area contributed by atoms with Crippen LogP contribution in [0, 0.1) is 5.82 Å². The highest BCUT2D eigenvalue weighted by Crippen LogP contribution is 2.16. The van der Waals surface area contributed by atoms with Crippen LogP contribution in [0.25, 0.3) is 0 Å². The van der Waals surface area contributed by atoms with Gasteiger partial charge in [0.15, 0.2) is 0 Å². The minimum atomic E-state index is -0.461. The first kappa shape index (κ1) is 13.5. The maximum Gasteiger partial charge on any atom is 0.251 e. The number of benzene rings is 2. The zero-order valence-electron chi connectivity index (χ0n) is 9.99. The summed E-state index contributed by atoms with van der Waals surface area (Å²) >= 11 is 3.04. The van der Waals surface area contributed by atoms with Gasteiger partial charge in [0.2, 0.25) is 0 Å². The highest BCUT2D eigenvalue weighted by Gasteiger charge is 2.08.